The Morgan fingerprint density at radius 1 is 1.12 bits per heavy atom. The van der Waals surface area contributed by atoms with Crippen molar-refractivity contribution in [3.05, 3.63) is 59.2 Å². The fourth-order valence-corrected chi connectivity index (χ4v) is 2.31. The second kappa shape index (κ2) is 4.74. The SMILES string of the molecule is Cc1cnc(C)c(C(Br)c2ccccc2)n1. The van der Waals surface area contributed by atoms with Crippen molar-refractivity contribution in [2.75, 3.05) is 0 Å². The Balaban J connectivity index is 2.41. The van der Waals surface area contributed by atoms with Gasteiger partial charge in [-0.3, -0.25) is 9.97 Å². The smallest absolute Gasteiger partial charge is 0.0835 e. The second-order valence-corrected chi connectivity index (χ2v) is 4.67. The van der Waals surface area contributed by atoms with Crippen molar-refractivity contribution in [3.63, 3.8) is 0 Å². The average Bonchev–Trinajstić information content (AvgIpc) is 2.32. The number of hydrogen-bond donors (Lipinski definition) is 0. The molecule has 0 bridgehead atoms. The molecule has 1 aromatic heterocycles. The Labute approximate surface area is 104 Å². The summed E-state index contributed by atoms with van der Waals surface area (Å²) in [6.45, 7) is 3.94. The van der Waals surface area contributed by atoms with Gasteiger partial charge in [0, 0.05) is 6.20 Å². The summed E-state index contributed by atoms with van der Waals surface area (Å²) in [7, 11) is 0. The predicted molar refractivity (Wildman–Crippen MR) is 68.7 cm³/mol. The van der Waals surface area contributed by atoms with E-state index >= 15 is 0 Å². The molecule has 0 amide bonds. The Morgan fingerprint density at radius 2 is 1.81 bits per heavy atom. The van der Waals surface area contributed by atoms with Crippen LogP contribution in [0.1, 0.15) is 27.5 Å². The van der Waals surface area contributed by atoms with Crippen molar-refractivity contribution in [2.24, 2.45) is 0 Å². The Morgan fingerprint density at radius 3 is 2.50 bits per heavy atom. The highest BCUT2D eigenvalue weighted by atomic mass is 79.9. The molecule has 0 spiro atoms. The third kappa shape index (κ3) is 2.30. The molecule has 1 aromatic carbocycles. The summed E-state index contributed by atoms with van der Waals surface area (Å²) < 4.78 is 0. The van der Waals surface area contributed by atoms with Gasteiger partial charge in [-0.1, -0.05) is 46.3 Å². The molecule has 2 aromatic rings. The van der Waals surface area contributed by atoms with Gasteiger partial charge in [-0.25, -0.2) is 0 Å². The van der Waals surface area contributed by atoms with Crippen LogP contribution in [0.4, 0.5) is 0 Å². The maximum Gasteiger partial charge on any atom is 0.0835 e. The lowest BCUT2D eigenvalue weighted by atomic mass is 10.1. The van der Waals surface area contributed by atoms with Gasteiger partial charge in [0.05, 0.1) is 21.9 Å². The summed E-state index contributed by atoms with van der Waals surface area (Å²) in [5.41, 5.74) is 4.11. The first-order valence-corrected chi connectivity index (χ1v) is 6.09. The molecule has 1 atom stereocenters. The molecule has 0 saturated carbocycles. The normalized spacial score (nSPS) is 12.4. The van der Waals surface area contributed by atoms with Crippen LogP contribution in [0.5, 0.6) is 0 Å². The van der Waals surface area contributed by atoms with E-state index in [1.807, 2.05) is 32.0 Å². The number of aryl methyl sites for hydroxylation is 2. The highest BCUT2D eigenvalue weighted by Gasteiger charge is 2.14. The highest BCUT2D eigenvalue weighted by molar-refractivity contribution is 9.09. The first-order chi connectivity index (χ1) is 7.68. The summed E-state index contributed by atoms with van der Waals surface area (Å²) in [5, 5.41) is 0. The van der Waals surface area contributed by atoms with Crippen molar-refractivity contribution < 1.29 is 0 Å². The van der Waals surface area contributed by atoms with E-state index in [-0.39, 0.29) is 4.83 Å². The Kier molecular flexibility index (Phi) is 3.34. The molecule has 0 saturated heterocycles. The molecule has 2 rings (SSSR count). The van der Waals surface area contributed by atoms with Crippen molar-refractivity contribution in [2.45, 2.75) is 18.7 Å². The third-order valence-corrected chi connectivity index (χ3v) is 3.41. The monoisotopic (exact) mass is 276 g/mol. The van der Waals surface area contributed by atoms with Crippen molar-refractivity contribution in [1.82, 2.24) is 9.97 Å². The zero-order valence-corrected chi connectivity index (χ0v) is 10.9. The lowest BCUT2D eigenvalue weighted by molar-refractivity contribution is 0.946. The molecular formula is C13H13BrN2. The van der Waals surface area contributed by atoms with Crippen molar-refractivity contribution >= 4 is 15.9 Å². The van der Waals surface area contributed by atoms with E-state index in [2.05, 4.69) is 38.0 Å². The van der Waals surface area contributed by atoms with Gasteiger partial charge in [-0.05, 0) is 19.4 Å². The molecule has 0 N–H and O–H groups in total. The Hall–Kier alpha value is -1.22. The van der Waals surface area contributed by atoms with Gasteiger partial charge >= 0.3 is 0 Å². The maximum absolute atomic E-state index is 4.54. The first-order valence-electron chi connectivity index (χ1n) is 5.17. The number of benzene rings is 1. The molecule has 0 aliphatic carbocycles. The van der Waals surface area contributed by atoms with Crippen LogP contribution in [0.3, 0.4) is 0 Å². The summed E-state index contributed by atoms with van der Waals surface area (Å²) in [6, 6.07) is 10.2. The van der Waals surface area contributed by atoms with Crippen LogP contribution in [-0.2, 0) is 0 Å². The molecule has 1 unspecified atom stereocenters. The van der Waals surface area contributed by atoms with Crippen LogP contribution in [0.2, 0.25) is 0 Å². The number of nitrogens with zero attached hydrogens (tertiary/aromatic N) is 2. The van der Waals surface area contributed by atoms with Gasteiger partial charge in [0.2, 0.25) is 0 Å². The molecule has 0 fully saturated rings. The van der Waals surface area contributed by atoms with E-state index in [1.165, 1.54) is 5.56 Å². The van der Waals surface area contributed by atoms with E-state index < -0.39 is 0 Å². The Bertz CT molecular complexity index is 483. The number of aromatic nitrogens is 2. The van der Waals surface area contributed by atoms with Crippen LogP contribution < -0.4 is 0 Å². The van der Waals surface area contributed by atoms with Crippen molar-refractivity contribution in [1.29, 1.82) is 0 Å². The molecule has 16 heavy (non-hydrogen) atoms. The lowest BCUT2D eigenvalue weighted by Gasteiger charge is -2.12. The summed E-state index contributed by atoms with van der Waals surface area (Å²) >= 11 is 3.68. The maximum atomic E-state index is 4.54. The number of halogens is 1. The summed E-state index contributed by atoms with van der Waals surface area (Å²) in [4.78, 5) is 8.98. The number of hydrogen-bond acceptors (Lipinski definition) is 2. The minimum absolute atomic E-state index is 0.112. The van der Waals surface area contributed by atoms with Gasteiger partial charge in [-0.15, -0.1) is 0 Å². The van der Waals surface area contributed by atoms with Crippen LogP contribution in [-0.4, -0.2) is 9.97 Å². The van der Waals surface area contributed by atoms with E-state index in [9.17, 15) is 0 Å². The fraction of sp³-hybridized carbons (Fsp3) is 0.231. The van der Waals surface area contributed by atoms with Crippen LogP contribution >= 0.6 is 15.9 Å². The zero-order valence-electron chi connectivity index (χ0n) is 9.31. The molecule has 3 heteroatoms. The van der Waals surface area contributed by atoms with Crippen LogP contribution in [0, 0.1) is 13.8 Å². The number of rotatable bonds is 2. The standard InChI is InChI=1S/C13H13BrN2/c1-9-8-15-10(2)13(16-9)12(14)11-6-4-3-5-7-11/h3-8,12H,1-2H3. The largest absolute Gasteiger partial charge is 0.258 e. The van der Waals surface area contributed by atoms with Crippen LogP contribution in [0.15, 0.2) is 36.5 Å². The van der Waals surface area contributed by atoms with E-state index in [1.54, 1.807) is 6.20 Å². The third-order valence-electron chi connectivity index (χ3n) is 2.44. The van der Waals surface area contributed by atoms with Gasteiger partial charge in [0.1, 0.15) is 0 Å². The van der Waals surface area contributed by atoms with Gasteiger partial charge < -0.3 is 0 Å². The van der Waals surface area contributed by atoms with Gasteiger partial charge in [0.25, 0.3) is 0 Å². The van der Waals surface area contributed by atoms with Gasteiger partial charge in [0.15, 0.2) is 0 Å². The minimum Gasteiger partial charge on any atom is -0.258 e. The highest BCUT2D eigenvalue weighted by Crippen LogP contribution is 2.30. The minimum atomic E-state index is 0.112. The molecule has 1 heterocycles. The average molecular weight is 277 g/mol. The van der Waals surface area contributed by atoms with E-state index in [4.69, 9.17) is 0 Å². The van der Waals surface area contributed by atoms with Gasteiger partial charge in [-0.2, -0.15) is 0 Å². The van der Waals surface area contributed by atoms with E-state index in [0.29, 0.717) is 0 Å². The topological polar surface area (TPSA) is 25.8 Å². The molecule has 0 aliphatic heterocycles. The first kappa shape index (κ1) is 11.3. The molecule has 0 aliphatic rings. The zero-order chi connectivity index (χ0) is 11.5. The lowest BCUT2D eigenvalue weighted by Crippen LogP contribution is -2.02. The molecule has 0 radical (unpaired) electrons. The summed E-state index contributed by atoms with van der Waals surface area (Å²) in [6.07, 6.45) is 1.80. The molecule has 2 nitrogen and oxygen atoms in total. The predicted octanol–water partition coefficient (Wildman–Crippen LogP) is 3.58. The number of alkyl halides is 1. The van der Waals surface area contributed by atoms with Crippen LogP contribution in [0.25, 0.3) is 0 Å². The van der Waals surface area contributed by atoms with Crippen molar-refractivity contribution in [3.8, 4) is 0 Å². The second-order valence-electron chi connectivity index (χ2n) is 3.76. The molecular weight excluding hydrogens is 264 g/mol. The quantitative estimate of drug-likeness (QED) is 0.784. The fourth-order valence-electron chi connectivity index (χ4n) is 1.58. The van der Waals surface area contributed by atoms with E-state index in [0.717, 1.165) is 17.1 Å². The molecule has 82 valence electrons. The summed E-state index contributed by atoms with van der Waals surface area (Å²) in [5.74, 6) is 0.